The molecule has 1 saturated heterocycles. The maximum atomic E-state index is 12.7. The van der Waals surface area contributed by atoms with Gasteiger partial charge in [0.15, 0.2) is 12.5 Å². The van der Waals surface area contributed by atoms with Crippen molar-refractivity contribution >= 4 is 23.3 Å². The molecule has 0 saturated carbocycles. The summed E-state index contributed by atoms with van der Waals surface area (Å²) in [6.07, 6.45) is -3.68. The molecule has 3 rings (SSSR count). The summed E-state index contributed by atoms with van der Waals surface area (Å²) >= 11 is 5.61. The first-order valence-electron chi connectivity index (χ1n) is 10.2. The fourth-order valence-corrected chi connectivity index (χ4v) is 3.41. The van der Waals surface area contributed by atoms with Crippen LogP contribution in [0.5, 0.6) is 5.75 Å². The van der Waals surface area contributed by atoms with Crippen LogP contribution in [-0.2, 0) is 14.2 Å². The minimum Gasteiger partial charge on any atom is -0.497 e. The van der Waals surface area contributed by atoms with Gasteiger partial charge in [-0.05, 0) is 37.3 Å². The Bertz CT molecular complexity index is 986. The van der Waals surface area contributed by atoms with Crippen LogP contribution in [0, 0.1) is 0 Å². The number of benzene rings is 1. The molecule has 1 aliphatic rings. The molecule has 2 aromatic rings. The highest BCUT2D eigenvalue weighted by Crippen LogP contribution is 2.31. The van der Waals surface area contributed by atoms with E-state index in [9.17, 15) is 19.8 Å². The minimum absolute atomic E-state index is 0.0330. The number of carbonyl (C=O) groups excluding carboxylic acids is 1. The maximum Gasteiger partial charge on any atom is 0.351 e. The number of hydrogen-bond donors (Lipinski definition) is 3. The molecule has 1 amide bonds. The van der Waals surface area contributed by atoms with Gasteiger partial charge in [0.05, 0.1) is 20.3 Å². The number of aliphatic hydroxyl groups excluding tert-OH is 2. The quantitative estimate of drug-likeness (QED) is 0.329. The number of aromatic nitrogens is 2. The first-order chi connectivity index (χ1) is 15.9. The number of nitrogens with one attached hydrogen (secondary N) is 1. The van der Waals surface area contributed by atoms with Crippen LogP contribution in [0.3, 0.4) is 0 Å². The average Bonchev–Trinajstić information content (AvgIpc) is 3.12. The number of methoxy groups -OCH3 is 1. The number of alkyl halides is 1. The Morgan fingerprint density at radius 3 is 2.67 bits per heavy atom. The van der Waals surface area contributed by atoms with Crippen molar-refractivity contribution in [2.45, 2.75) is 37.8 Å². The summed E-state index contributed by atoms with van der Waals surface area (Å²) < 4.78 is 22.9. The van der Waals surface area contributed by atoms with Gasteiger partial charge in [-0.25, -0.2) is 4.79 Å². The first kappa shape index (κ1) is 25.1. The third-order valence-corrected chi connectivity index (χ3v) is 5.12. The summed E-state index contributed by atoms with van der Waals surface area (Å²) in [5.41, 5.74) is -0.393. The molecule has 33 heavy (non-hydrogen) atoms. The molecule has 5 atom stereocenters. The van der Waals surface area contributed by atoms with Crippen LogP contribution in [0.15, 0.2) is 41.3 Å². The molecular weight excluding hydrogens is 458 g/mol. The van der Waals surface area contributed by atoms with Gasteiger partial charge in [0, 0.05) is 17.6 Å². The Labute approximate surface area is 194 Å². The number of carbonyl (C=O) groups is 1. The lowest BCUT2D eigenvalue weighted by atomic mass is 10.1. The van der Waals surface area contributed by atoms with Crippen molar-refractivity contribution in [3.8, 4) is 5.75 Å². The number of ether oxygens (including phenoxy) is 4. The number of amides is 1. The molecule has 2 heterocycles. The van der Waals surface area contributed by atoms with Gasteiger partial charge in [0.25, 0.3) is 5.91 Å². The van der Waals surface area contributed by atoms with Crippen LogP contribution >= 0.6 is 11.6 Å². The van der Waals surface area contributed by atoms with Gasteiger partial charge >= 0.3 is 5.69 Å². The lowest BCUT2D eigenvalue weighted by Crippen LogP contribution is -2.40. The molecule has 1 aromatic carbocycles. The smallest absolute Gasteiger partial charge is 0.351 e. The molecule has 3 N–H and O–H groups in total. The number of anilines is 1. The van der Waals surface area contributed by atoms with Gasteiger partial charge in [0.1, 0.15) is 29.9 Å². The predicted octanol–water partition coefficient (Wildman–Crippen LogP) is 0.741. The third-order valence-electron chi connectivity index (χ3n) is 4.97. The Balaban J connectivity index is 1.76. The van der Waals surface area contributed by atoms with E-state index in [4.69, 9.17) is 30.5 Å². The summed E-state index contributed by atoms with van der Waals surface area (Å²) in [5.74, 6) is 0.436. The highest BCUT2D eigenvalue weighted by molar-refractivity contribution is 6.17. The van der Waals surface area contributed by atoms with Crippen molar-refractivity contribution in [2.24, 2.45) is 0 Å². The van der Waals surface area contributed by atoms with E-state index in [-0.39, 0.29) is 18.3 Å². The van der Waals surface area contributed by atoms with Crippen molar-refractivity contribution in [1.29, 1.82) is 0 Å². The summed E-state index contributed by atoms with van der Waals surface area (Å²) in [7, 11) is 1.52. The topological polar surface area (TPSA) is 141 Å². The molecule has 1 aromatic heterocycles. The van der Waals surface area contributed by atoms with Gasteiger partial charge in [-0.1, -0.05) is 0 Å². The van der Waals surface area contributed by atoms with Crippen molar-refractivity contribution in [1.82, 2.24) is 9.55 Å². The fourth-order valence-electron chi connectivity index (χ4n) is 3.32. The average molecular weight is 484 g/mol. The number of aliphatic hydroxyl groups is 2. The first-order valence-corrected chi connectivity index (χ1v) is 10.7. The molecule has 0 radical (unpaired) electrons. The highest BCUT2D eigenvalue weighted by atomic mass is 35.5. The molecule has 5 unspecified atom stereocenters. The summed E-state index contributed by atoms with van der Waals surface area (Å²) in [6.45, 7) is 1.36. The van der Waals surface area contributed by atoms with Crippen LogP contribution in [0.1, 0.15) is 23.5 Å². The lowest BCUT2D eigenvalue weighted by molar-refractivity contribution is -0.191. The summed E-state index contributed by atoms with van der Waals surface area (Å²) in [4.78, 5) is 29.0. The van der Waals surface area contributed by atoms with Crippen LogP contribution in [-0.4, -0.2) is 76.5 Å². The Morgan fingerprint density at radius 1 is 1.33 bits per heavy atom. The van der Waals surface area contributed by atoms with E-state index < -0.39 is 49.0 Å². The molecule has 0 bridgehead atoms. The molecule has 1 aliphatic heterocycles. The monoisotopic (exact) mass is 483 g/mol. The molecule has 12 heteroatoms. The molecule has 0 aliphatic carbocycles. The van der Waals surface area contributed by atoms with Crippen LogP contribution < -0.4 is 15.7 Å². The van der Waals surface area contributed by atoms with Crippen molar-refractivity contribution in [3.05, 3.63) is 52.6 Å². The van der Waals surface area contributed by atoms with E-state index in [0.717, 1.165) is 4.57 Å². The van der Waals surface area contributed by atoms with E-state index in [1.54, 1.807) is 31.2 Å². The van der Waals surface area contributed by atoms with Crippen molar-refractivity contribution < 1.29 is 34.0 Å². The van der Waals surface area contributed by atoms with E-state index in [2.05, 4.69) is 10.3 Å². The zero-order valence-electron chi connectivity index (χ0n) is 18.1. The lowest BCUT2D eigenvalue weighted by Gasteiger charge is -2.25. The van der Waals surface area contributed by atoms with E-state index in [0.29, 0.717) is 11.3 Å². The summed E-state index contributed by atoms with van der Waals surface area (Å²) in [5, 5.41) is 22.5. The Morgan fingerprint density at radius 2 is 2.06 bits per heavy atom. The largest absolute Gasteiger partial charge is 0.497 e. The third kappa shape index (κ3) is 6.08. The van der Waals surface area contributed by atoms with E-state index in [1.165, 1.54) is 19.4 Å². The Kier molecular flexibility index (Phi) is 8.78. The van der Waals surface area contributed by atoms with E-state index >= 15 is 0 Å². The molecule has 0 spiro atoms. The second-order valence-corrected chi connectivity index (χ2v) is 7.53. The zero-order chi connectivity index (χ0) is 24.0. The van der Waals surface area contributed by atoms with Crippen molar-refractivity contribution in [2.75, 3.05) is 31.5 Å². The van der Waals surface area contributed by atoms with Crippen LogP contribution in [0.4, 0.5) is 5.82 Å². The van der Waals surface area contributed by atoms with Gasteiger partial charge < -0.3 is 34.5 Å². The molecule has 1 fully saturated rings. The van der Waals surface area contributed by atoms with Gasteiger partial charge in [-0.15, -0.1) is 11.6 Å². The van der Waals surface area contributed by atoms with Gasteiger partial charge in [-0.3, -0.25) is 9.36 Å². The second kappa shape index (κ2) is 11.5. The Hall–Kier alpha value is -2.54. The maximum absolute atomic E-state index is 12.7. The number of halogens is 1. The van der Waals surface area contributed by atoms with Gasteiger partial charge in [0.2, 0.25) is 0 Å². The van der Waals surface area contributed by atoms with E-state index in [1.807, 2.05) is 0 Å². The summed E-state index contributed by atoms with van der Waals surface area (Å²) in [6, 6.07) is 7.84. The van der Waals surface area contributed by atoms with Crippen LogP contribution in [0.2, 0.25) is 0 Å². The molecule has 11 nitrogen and oxygen atoms in total. The standard InChI is InChI=1S/C21H26ClN3O8/c1-12(31-10-8-22)32-18-17(27)15(11-26)33-20(18)25-9-7-16(24-21(25)29)23-19(28)13-3-5-14(30-2)6-4-13/h3-7,9,12,15,17-18,20,26-27H,8,10-11H2,1-2H3,(H,23,24,28,29). The zero-order valence-corrected chi connectivity index (χ0v) is 18.8. The van der Waals surface area contributed by atoms with Gasteiger partial charge in [-0.2, -0.15) is 4.98 Å². The number of hydrogen-bond acceptors (Lipinski definition) is 9. The fraction of sp³-hybridized carbons (Fsp3) is 0.476. The van der Waals surface area contributed by atoms with Crippen LogP contribution in [0.25, 0.3) is 0 Å². The predicted molar refractivity (Wildman–Crippen MR) is 117 cm³/mol. The minimum atomic E-state index is -1.22. The SMILES string of the molecule is COc1ccc(C(=O)Nc2ccn(C3OC(CO)C(O)C3OC(C)OCCCl)c(=O)n2)cc1. The normalized spacial score (nSPS) is 23.3. The number of rotatable bonds is 10. The second-order valence-electron chi connectivity index (χ2n) is 7.15. The number of nitrogens with zero attached hydrogens (tertiary/aromatic N) is 2. The highest BCUT2D eigenvalue weighted by Gasteiger charge is 2.46. The molecular formula is C21H26ClN3O8. The molecule has 180 valence electrons. The van der Waals surface area contributed by atoms with Crippen molar-refractivity contribution in [3.63, 3.8) is 0 Å².